The summed E-state index contributed by atoms with van der Waals surface area (Å²) in [6.07, 6.45) is 2.20. The molecule has 17 heteroatoms. The number of carbonyl (C=O) groups is 4. The minimum absolute atomic E-state index is 0.0119. The summed E-state index contributed by atoms with van der Waals surface area (Å²) in [7, 11) is 3.92. The molecule has 4 N–H and O–H groups in total. The molecule has 60 heavy (non-hydrogen) atoms. The van der Waals surface area contributed by atoms with E-state index in [0.717, 1.165) is 18.0 Å². The highest BCUT2D eigenvalue weighted by Crippen LogP contribution is 2.52. The summed E-state index contributed by atoms with van der Waals surface area (Å²) in [5, 5.41) is 21.0. The second kappa shape index (κ2) is 17.4. The lowest BCUT2D eigenvalue weighted by atomic mass is 9.85. The molecule has 2 unspecified atom stereocenters. The van der Waals surface area contributed by atoms with Crippen molar-refractivity contribution < 1.29 is 38.5 Å². The normalized spacial score (nSPS) is 28.6. The number of thioether (sulfide) groups is 1. The first-order chi connectivity index (χ1) is 28.4. The third kappa shape index (κ3) is 9.55. The zero-order valence-corrected chi connectivity index (χ0v) is 37.5. The van der Waals surface area contributed by atoms with E-state index in [4.69, 9.17) is 35.8 Å². The van der Waals surface area contributed by atoms with E-state index in [-0.39, 0.29) is 37.1 Å². The molecule has 0 radical (unpaired) electrons. The molecule has 2 aliphatic heterocycles. The van der Waals surface area contributed by atoms with Gasteiger partial charge in [0.15, 0.2) is 5.17 Å². The van der Waals surface area contributed by atoms with Crippen LogP contribution in [0.4, 0.5) is 4.79 Å². The van der Waals surface area contributed by atoms with Gasteiger partial charge < -0.3 is 45.1 Å². The molecule has 15 nitrogen and oxygen atoms in total. The lowest BCUT2D eigenvalue weighted by molar-refractivity contribution is -0.146. The maximum Gasteiger partial charge on any atom is 0.408 e. The Morgan fingerprint density at radius 2 is 1.82 bits per heavy atom. The first-order valence-corrected chi connectivity index (χ1v) is 22.6. The van der Waals surface area contributed by atoms with Crippen molar-refractivity contribution in [3.8, 4) is 11.5 Å². The number of aromatic nitrogens is 1. The van der Waals surface area contributed by atoms with Gasteiger partial charge in [-0.2, -0.15) is 0 Å². The molecule has 1 aromatic carbocycles. The number of amidine groups is 1. The predicted octanol–water partition coefficient (Wildman–Crippen LogP) is 5.63. The van der Waals surface area contributed by atoms with Crippen LogP contribution in [0.15, 0.2) is 23.2 Å². The number of likely N-dealkylation sites (N-methyl/N-ethyl adjacent to an activating group) is 1. The van der Waals surface area contributed by atoms with Gasteiger partial charge in [-0.05, 0) is 88.9 Å². The number of benzene rings is 1. The Labute approximate surface area is 361 Å². The number of amides is 3. The van der Waals surface area contributed by atoms with Gasteiger partial charge in [0.25, 0.3) is 0 Å². The predicted molar refractivity (Wildman–Crippen MR) is 231 cm³/mol. The van der Waals surface area contributed by atoms with E-state index < -0.39 is 53.0 Å². The molecular formula is C43H60ClN7O8S. The number of likely N-dealkylation sites (tertiary alicyclic amines) is 1. The molecule has 5 aliphatic rings. The molecule has 1 aromatic heterocycles. The fourth-order valence-electron chi connectivity index (χ4n) is 8.82. The standard InChI is InChI=1S/C43H60ClN7O8S/c1-9-25-19-43(25,39(54)55)49-37(52)31-17-27(20-51(31)38(53)36(42(4,5)6)48-41(56)59-26-15-23-14-24(23)16-26)58-33-18-29(30-21-60-40(47-30)45-22(2)3)46-35-28(33)10-11-32(34(35)44)57-13-12-50(7)8/h10-11,18,22-27,30-31,36H,9,12-17,19-21H2,1-8H3,(H,45,47)(H,48,56)(H,49,52)(H,54,55)/t23-,24+,25-,26+,27-,30?,31+,36-,43?/m1/s1. The number of hydrogen-bond acceptors (Lipinski definition) is 12. The molecule has 4 fully saturated rings. The van der Waals surface area contributed by atoms with Crippen LogP contribution in [0.5, 0.6) is 11.5 Å². The van der Waals surface area contributed by atoms with Crippen LogP contribution in [0.3, 0.4) is 0 Å². The van der Waals surface area contributed by atoms with Gasteiger partial charge in [-0.1, -0.05) is 57.5 Å². The molecule has 3 amide bonds. The van der Waals surface area contributed by atoms with Crippen LogP contribution in [0.1, 0.15) is 91.8 Å². The van der Waals surface area contributed by atoms with Crippen molar-refractivity contribution in [1.82, 2.24) is 30.7 Å². The molecular weight excluding hydrogens is 810 g/mol. The van der Waals surface area contributed by atoms with Gasteiger partial charge in [0.05, 0.1) is 17.8 Å². The zero-order chi connectivity index (χ0) is 43.3. The number of pyridine rings is 1. The van der Waals surface area contributed by atoms with Crippen molar-refractivity contribution in [1.29, 1.82) is 0 Å². The van der Waals surface area contributed by atoms with Crippen molar-refractivity contribution in [2.75, 3.05) is 39.5 Å². The summed E-state index contributed by atoms with van der Waals surface area (Å²) >= 11 is 8.65. The minimum atomic E-state index is -1.41. The Morgan fingerprint density at radius 1 is 1.08 bits per heavy atom. The summed E-state index contributed by atoms with van der Waals surface area (Å²) in [4.78, 5) is 68.2. The largest absolute Gasteiger partial charge is 0.491 e. The van der Waals surface area contributed by atoms with Crippen LogP contribution in [-0.2, 0) is 19.1 Å². The van der Waals surface area contributed by atoms with E-state index >= 15 is 0 Å². The van der Waals surface area contributed by atoms with Gasteiger partial charge in [-0.3, -0.25) is 14.6 Å². The van der Waals surface area contributed by atoms with Crippen molar-refractivity contribution >= 4 is 63.3 Å². The molecule has 3 saturated carbocycles. The minimum Gasteiger partial charge on any atom is -0.491 e. The fourth-order valence-corrected chi connectivity index (χ4v) is 10.2. The highest BCUT2D eigenvalue weighted by molar-refractivity contribution is 8.14. The van der Waals surface area contributed by atoms with Crippen LogP contribution in [-0.4, -0.2) is 124 Å². The third-order valence-electron chi connectivity index (χ3n) is 12.4. The lowest BCUT2D eigenvalue weighted by Gasteiger charge is -2.35. The second-order valence-electron chi connectivity index (χ2n) is 18.8. The smallest absolute Gasteiger partial charge is 0.408 e. The van der Waals surface area contributed by atoms with Crippen LogP contribution >= 0.6 is 23.4 Å². The third-order valence-corrected chi connectivity index (χ3v) is 13.7. The maximum absolute atomic E-state index is 14.8. The lowest BCUT2D eigenvalue weighted by Crippen LogP contribution is -2.59. The zero-order valence-electron chi connectivity index (χ0n) is 35.9. The van der Waals surface area contributed by atoms with E-state index in [0.29, 0.717) is 76.7 Å². The SMILES string of the molecule is CC[C@@H]1CC1(NC(=O)[C@@H]1C[C@@H](Oc2cc(C3CSC(NC(C)C)=N3)nc3c(Cl)c(OCCN(C)C)ccc23)CN1C(=O)[C@@H](NC(=O)O[C@@H]1C[C@@H]2C[C@@H]2C1)C(C)(C)C)C(=O)O. The molecule has 2 aromatic rings. The van der Waals surface area contributed by atoms with E-state index in [9.17, 15) is 24.3 Å². The first kappa shape index (κ1) is 44.0. The molecule has 7 rings (SSSR count). The molecule has 328 valence electrons. The van der Waals surface area contributed by atoms with E-state index in [1.807, 2.05) is 58.8 Å². The summed E-state index contributed by atoms with van der Waals surface area (Å²) in [6, 6.07) is 3.21. The van der Waals surface area contributed by atoms with E-state index in [2.05, 4.69) is 29.8 Å². The number of nitrogens with zero attached hydrogens (tertiary/aromatic N) is 4. The van der Waals surface area contributed by atoms with Gasteiger partial charge in [0.1, 0.15) is 59.0 Å². The van der Waals surface area contributed by atoms with Gasteiger partial charge in [0.2, 0.25) is 11.8 Å². The highest BCUT2D eigenvalue weighted by Gasteiger charge is 2.61. The van der Waals surface area contributed by atoms with Crippen molar-refractivity contribution in [3.63, 3.8) is 0 Å². The molecule has 1 saturated heterocycles. The second-order valence-corrected chi connectivity index (χ2v) is 20.2. The van der Waals surface area contributed by atoms with Gasteiger partial charge >= 0.3 is 12.1 Å². The quantitative estimate of drug-likeness (QED) is 0.173. The number of alkyl carbamates (subject to hydrolysis) is 1. The number of halogens is 1. The summed E-state index contributed by atoms with van der Waals surface area (Å²) < 4.78 is 18.7. The number of nitrogens with one attached hydrogen (secondary N) is 3. The number of rotatable bonds is 15. The Morgan fingerprint density at radius 3 is 2.45 bits per heavy atom. The van der Waals surface area contributed by atoms with E-state index in [1.165, 1.54) is 11.3 Å². The number of hydrogen-bond donors (Lipinski definition) is 4. The average molecular weight is 871 g/mol. The van der Waals surface area contributed by atoms with Crippen molar-refractivity contribution in [2.45, 2.75) is 122 Å². The molecule has 0 bridgehead atoms. The number of ether oxygens (including phenoxy) is 3. The fraction of sp³-hybridized carbons (Fsp3) is 0.674. The molecule has 0 spiro atoms. The van der Waals surface area contributed by atoms with Crippen LogP contribution < -0.4 is 25.4 Å². The van der Waals surface area contributed by atoms with Crippen LogP contribution in [0.2, 0.25) is 5.02 Å². The average Bonchev–Trinajstić information content (AvgIpc) is 3.84. The number of fused-ring (bicyclic) bond motifs is 2. The Kier molecular flexibility index (Phi) is 12.8. The summed E-state index contributed by atoms with van der Waals surface area (Å²) in [5.74, 6) is 0.368. The van der Waals surface area contributed by atoms with Gasteiger partial charge in [0, 0.05) is 36.2 Å². The summed E-state index contributed by atoms with van der Waals surface area (Å²) in [5.41, 5.74) is -1.08. The maximum atomic E-state index is 14.8. The number of aliphatic carboxylic acids is 1. The van der Waals surface area contributed by atoms with Crippen LogP contribution in [0, 0.1) is 23.2 Å². The molecule has 3 aliphatic carbocycles. The summed E-state index contributed by atoms with van der Waals surface area (Å²) in [6.45, 7) is 12.6. The number of carbonyl (C=O) groups excluding carboxylic acids is 3. The van der Waals surface area contributed by atoms with Crippen molar-refractivity contribution in [3.05, 3.63) is 28.9 Å². The Bertz CT molecular complexity index is 2020. The molecule has 3 heterocycles. The van der Waals surface area contributed by atoms with Crippen LogP contribution in [0.25, 0.3) is 10.9 Å². The Hall–Kier alpha value is -4.02. The Balaban J connectivity index is 1.20. The van der Waals surface area contributed by atoms with Gasteiger partial charge in [-0.15, -0.1) is 0 Å². The van der Waals surface area contributed by atoms with E-state index in [1.54, 1.807) is 17.8 Å². The number of aliphatic imine (C=N–C) groups is 1. The highest BCUT2D eigenvalue weighted by atomic mass is 35.5. The molecule has 9 atom stereocenters. The number of carboxylic acids is 1. The van der Waals surface area contributed by atoms with Crippen molar-refractivity contribution in [2.24, 2.45) is 28.2 Å². The first-order valence-electron chi connectivity index (χ1n) is 21.2. The number of carboxylic acid groups (broad SMARTS) is 1. The van der Waals surface area contributed by atoms with Gasteiger partial charge in [-0.25, -0.2) is 14.6 Å². The monoisotopic (exact) mass is 869 g/mol. The topological polar surface area (TPSA) is 184 Å².